The van der Waals surface area contributed by atoms with Crippen molar-refractivity contribution >= 4 is 43.4 Å². The summed E-state index contributed by atoms with van der Waals surface area (Å²) >= 11 is 3.41. The fourth-order valence-electron chi connectivity index (χ4n) is 2.22. The van der Waals surface area contributed by atoms with Crippen LogP contribution in [0.1, 0.15) is 12.0 Å². The summed E-state index contributed by atoms with van der Waals surface area (Å²) in [5.41, 5.74) is 1.33. The van der Waals surface area contributed by atoms with E-state index in [1.165, 1.54) is 5.41 Å². The molecule has 0 spiro atoms. The Labute approximate surface area is 113 Å². The first-order valence-electron chi connectivity index (χ1n) is 5.49. The van der Waals surface area contributed by atoms with Crippen LogP contribution < -0.4 is 4.90 Å². The molecule has 0 aromatic heterocycles. The number of hydrogen-bond donors (Lipinski definition) is 0. The van der Waals surface area contributed by atoms with Gasteiger partial charge in [-0.15, -0.1) is 0 Å². The Balaban J connectivity index is 2.05. The number of amides is 1. The molecular weight excluding hydrogens is 318 g/mol. The lowest BCUT2D eigenvalue weighted by Gasteiger charge is -2.16. The van der Waals surface area contributed by atoms with Crippen LogP contribution in [0.15, 0.2) is 28.5 Å². The van der Waals surface area contributed by atoms with Crippen molar-refractivity contribution in [3.8, 4) is 0 Å². The zero-order valence-corrected chi connectivity index (χ0v) is 11.7. The maximum absolute atomic E-state index is 11.8. The molecule has 2 aliphatic rings. The number of rotatable bonds is 1. The first-order chi connectivity index (χ1) is 8.47. The van der Waals surface area contributed by atoms with E-state index >= 15 is 0 Å². The van der Waals surface area contributed by atoms with Crippen molar-refractivity contribution < 1.29 is 13.2 Å². The van der Waals surface area contributed by atoms with Gasteiger partial charge in [-0.2, -0.15) is 0 Å². The fraction of sp³-hybridized carbons (Fsp3) is 0.250. The first kappa shape index (κ1) is 11.9. The van der Waals surface area contributed by atoms with E-state index in [1.54, 1.807) is 29.2 Å². The molecular formula is C12H10BrNO3S. The quantitative estimate of drug-likeness (QED) is 0.741. The zero-order valence-electron chi connectivity index (χ0n) is 9.34. The fourth-order valence-corrected chi connectivity index (χ4v) is 4.01. The molecule has 6 heteroatoms. The second-order valence-corrected chi connectivity index (χ2v) is 7.47. The molecule has 1 aromatic rings. The average Bonchev–Trinajstić information content (AvgIpc) is 2.79. The van der Waals surface area contributed by atoms with Crippen molar-refractivity contribution in [2.75, 3.05) is 11.4 Å². The number of carbonyl (C=O) groups is 1. The maximum Gasteiger partial charge on any atom is 0.228 e. The van der Waals surface area contributed by atoms with Crippen LogP contribution in [0.2, 0.25) is 0 Å². The molecule has 0 aliphatic carbocycles. The highest BCUT2D eigenvalue weighted by Crippen LogP contribution is 2.32. The monoisotopic (exact) mass is 327 g/mol. The number of hydrogen-bond acceptors (Lipinski definition) is 3. The number of sulfone groups is 1. The largest absolute Gasteiger partial charge is 0.311 e. The van der Waals surface area contributed by atoms with Gasteiger partial charge in [0.15, 0.2) is 0 Å². The standard InChI is InChI=1S/C12H10BrNO3S/c13-9-5-12(15)14(7-9)10-2-1-8-3-4-18(16,17)11(8)6-10/h1-4,6,9H,5,7H2. The van der Waals surface area contributed by atoms with Gasteiger partial charge in [0.25, 0.3) is 0 Å². The van der Waals surface area contributed by atoms with Crippen LogP contribution in [0, 0.1) is 0 Å². The van der Waals surface area contributed by atoms with E-state index in [1.807, 2.05) is 0 Å². The first-order valence-corrected chi connectivity index (χ1v) is 7.95. The van der Waals surface area contributed by atoms with E-state index < -0.39 is 9.84 Å². The van der Waals surface area contributed by atoms with E-state index in [4.69, 9.17) is 0 Å². The Morgan fingerprint density at radius 2 is 2.11 bits per heavy atom. The van der Waals surface area contributed by atoms with Crippen molar-refractivity contribution in [2.24, 2.45) is 0 Å². The van der Waals surface area contributed by atoms with E-state index in [0.29, 0.717) is 24.2 Å². The molecule has 94 valence electrons. The van der Waals surface area contributed by atoms with Crippen molar-refractivity contribution in [1.82, 2.24) is 0 Å². The van der Waals surface area contributed by atoms with Crippen molar-refractivity contribution in [3.05, 3.63) is 29.2 Å². The third kappa shape index (κ3) is 1.80. The van der Waals surface area contributed by atoms with Crippen LogP contribution in [0.4, 0.5) is 5.69 Å². The van der Waals surface area contributed by atoms with Crippen LogP contribution in [0.25, 0.3) is 6.08 Å². The predicted octanol–water partition coefficient (Wildman–Crippen LogP) is 1.94. The van der Waals surface area contributed by atoms with Gasteiger partial charge in [-0.3, -0.25) is 4.79 Å². The molecule has 1 saturated heterocycles. The lowest BCUT2D eigenvalue weighted by Crippen LogP contribution is -2.24. The van der Waals surface area contributed by atoms with E-state index in [2.05, 4.69) is 15.9 Å². The van der Waals surface area contributed by atoms with Crippen LogP contribution in [-0.4, -0.2) is 25.7 Å². The van der Waals surface area contributed by atoms with Crippen LogP contribution in [-0.2, 0) is 14.6 Å². The number of nitrogens with zero attached hydrogens (tertiary/aromatic N) is 1. The Hall–Kier alpha value is -1.14. The minimum absolute atomic E-state index is 0.0141. The SMILES string of the molecule is O=C1CC(Br)CN1c1ccc2c(c1)S(=O)(=O)C=C2. The molecule has 1 aromatic carbocycles. The second kappa shape index (κ2) is 3.93. The third-order valence-electron chi connectivity index (χ3n) is 3.12. The summed E-state index contributed by atoms with van der Waals surface area (Å²) in [4.78, 5) is 13.8. The summed E-state index contributed by atoms with van der Waals surface area (Å²) in [6.07, 6.45) is 2.02. The number of fused-ring (bicyclic) bond motifs is 1. The molecule has 1 fully saturated rings. The number of anilines is 1. The predicted molar refractivity (Wildman–Crippen MR) is 72.3 cm³/mol. The Morgan fingerprint density at radius 3 is 2.78 bits per heavy atom. The Kier molecular flexibility index (Phi) is 2.60. The molecule has 1 amide bonds. The summed E-state index contributed by atoms with van der Waals surface area (Å²) in [7, 11) is -3.32. The van der Waals surface area contributed by atoms with Gasteiger partial charge in [0.1, 0.15) is 0 Å². The van der Waals surface area contributed by atoms with Gasteiger partial charge in [0.05, 0.1) is 4.90 Å². The third-order valence-corrected chi connectivity index (χ3v) is 5.19. The normalized spacial score (nSPS) is 24.6. The summed E-state index contributed by atoms with van der Waals surface area (Å²) in [6, 6.07) is 5.10. The van der Waals surface area contributed by atoms with Gasteiger partial charge in [-0.05, 0) is 23.8 Å². The van der Waals surface area contributed by atoms with E-state index in [9.17, 15) is 13.2 Å². The number of carbonyl (C=O) groups excluding carboxylic acids is 1. The highest BCUT2D eigenvalue weighted by Gasteiger charge is 2.30. The lowest BCUT2D eigenvalue weighted by molar-refractivity contribution is -0.117. The summed E-state index contributed by atoms with van der Waals surface area (Å²) in [5.74, 6) is 0.0141. The maximum atomic E-state index is 11.8. The molecule has 0 radical (unpaired) electrons. The Morgan fingerprint density at radius 1 is 1.33 bits per heavy atom. The zero-order chi connectivity index (χ0) is 12.9. The smallest absolute Gasteiger partial charge is 0.228 e. The summed E-state index contributed by atoms with van der Waals surface area (Å²) in [6.45, 7) is 0.575. The van der Waals surface area contributed by atoms with Gasteiger partial charge in [0, 0.05) is 28.9 Å². The highest BCUT2D eigenvalue weighted by molar-refractivity contribution is 9.09. The molecule has 1 unspecified atom stereocenters. The van der Waals surface area contributed by atoms with Crippen molar-refractivity contribution in [1.29, 1.82) is 0 Å². The van der Waals surface area contributed by atoms with Crippen LogP contribution in [0.3, 0.4) is 0 Å². The molecule has 2 aliphatic heterocycles. The van der Waals surface area contributed by atoms with E-state index in [-0.39, 0.29) is 15.6 Å². The molecule has 2 heterocycles. The molecule has 0 N–H and O–H groups in total. The summed E-state index contributed by atoms with van der Waals surface area (Å²) in [5, 5.41) is 1.19. The molecule has 18 heavy (non-hydrogen) atoms. The van der Waals surface area contributed by atoms with Crippen LogP contribution >= 0.6 is 15.9 Å². The molecule has 0 saturated carbocycles. The molecule has 1 atom stereocenters. The number of alkyl halides is 1. The second-order valence-electron chi connectivity index (χ2n) is 4.38. The van der Waals surface area contributed by atoms with Gasteiger partial charge < -0.3 is 4.90 Å². The van der Waals surface area contributed by atoms with Crippen molar-refractivity contribution in [2.45, 2.75) is 16.1 Å². The molecule has 4 nitrogen and oxygen atoms in total. The topological polar surface area (TPSA) is 54.5 Å². The van der Waals surface area contributed by atoms with Gasteiger partial charge in [-0.1, -0.05) is 22.0 Å². The number of benzene rings is 1. The lowest BCUT2D eigenvalue weighted by atomic mass is 10.2. The Bertz CT molecular complexity index is 666. The van der Waals surface area contributed by atoms with Crippen LogP contribution in [0.5, 0.6) is 0 Å². The number of halogens is 1. The van der Waals surface area contributed by atoms with E-state index in [0.717, 1.165) is 0 Å². The van der Waals surface area contributed by atoms with Gasteiger partial charge in [0.2, 0.25) is 15.7 Å². The molecule has 0 bridgehead atoms. The minimum Gasteiger partial charge on any atom is -0.311 e. The minimum atomic E-state index is -3.32. The average molecular weight is 328 g/mol. The van der Waals surface area contributed by atoms with Crippen molar-refractivity contribution in [3.63, 3.8) is 0 Å². The molecule has 3 rings (SSSR count). The van der Waals surface area contributed by atoms with Gasteiger partial charge >= 0.3 is 0 Å². The highest BCUT2D eigenvalue weighted by atomic mass is 79.9. The summed E-state index contributed by atoms with van der Waals surface area (Å²) < 4.78 is 23.5. The van der Waals surface area contributed by atoms with Gasteiger partial charge in [-0.25, -0.2) is 8.42 Å².